The fourth-order valence-electron chi connectivity index (χ4n) is 4.83. The second kappa shape index (κ2) is 8.45. The zero-order valence-electron chi connectivity index (χ0n) is 21.0. The van der Waals surface area contributed by atoms with Crippen molar-refractivity contribution in [2.45, 2.75) is 38.9 Å². The lowest BCUT2D eigenvalue weighted by atomic mass is 9.80. The zero-order chi connectivity index (χ0) is 25.1. The molecule has 1 aromatic heterocycles. The van der Waals surface area contributed by atoms with Gasteiger partial charge in [-0.3, -0.25) is 0 Å². The Bertz CT molecular complexity index is 1700. The molecule has 0 saturated heterocycles. The van der Waals surface area contributed by atoms with Crippen LogP contribution in [0.4, 0.5) is 0 Å². The van der Waals surface area contributed by atoms with Crippen LogP contribution in [0.1, 0.15) is 27.7 Å². The van der Waals surface area contributed by atoms with Crippen LogP contribution in [-0.2, 0) is 4.65 Å². The Morgan fingerprint density at radius 3 is 2.00 bits per heavy atom. The number of hydrogen-bond donors (Lipinski definition) is 1. The Kier molecular flexibility index (Phi) is 5.45. The Labute approximate surface area is 216 Å². The van der Waals surface area contributed by atoms with E-state index in [-0.39, 0.29) is 0 Å². The van der Waals surface area contributed by atoms with Crippen molar-refractivity contribution < 1.29 is 9.76 Å². The van der Waals surface area contributed by atoms with Crippen LogP contribution in [0.25, 0.3) is 52.8 Å². The first kappa shape index (κ1) is 23.2. The topological polar surface area (TPSA) is 29.5 Å². The minimum atomic E-state index is -0.975. The number of aliphatic hydroxyl groups is 1. The number of thiophene rings is 1. The molecule has 0 aliphatic heterocycles. The molecule has 177 valence electrons. The maximum atomic E-state index is 10.6. The summed E-state index contributed by atoms with van der Waals surface area (Å²) in [5.74, 6) is 0. The molecular weight excluding hydrogens is 459 g/mol. The van der Waals surface area contributed by atoms with Crippen molar-refractivity contribution in [1.29, 1.82) is 0 Å². The molecule has 0 fully saturated rings. The monoisotopic (exact) mass is 487 g/mol. The van der Waals surface area contributed by atoms with Crippen LogP contribution in [0, 0.1) is 0 Å². The molecule has 0 bridgehead atoms. The lowest BCUT2D eigenvalue weighted by Crippen LogP contribution is -2.49. The normalized spacial score (nSPS) is 12.7. The molecule has 1 radical (unpaired) electrons. The van der Waals surface area contributed by atoms with Crippen LogP contribution >= 0.6 is 11.3 Å². The summed E-state index contributed by atoms with van der Waals surface area (Å²) in [7, 11) is 1.81. The van der Waals surface area contributed by atoms with Crippen LogP contribution in [0.5, 0.6) is 0 Å². The van der Waals surface area contributed by atoms with Crippen molar-refractivity contribution in [3.63, 3.8) is 0 Å². The van der Waals surface area contributed by atoms with Crippen molar-refractivity contribution >= 4 is 66.0 Å². The van der Waals surface area contributed by atoms with Crippen LogP contribution in [-0.4, -0.2) is 23.8 Å². The highest BCUT2D eigenvalue weighted by Gasteiger charge is 2.36. The van der Waals surface area contributed by atoms with Gasteiger partial charge in [-0.05, 0) is 77.8 Å². The maximum Gasteiger partial charge on any atom is 0.331 e. The van der Waals surface area contributed by atoms with E-state index >= 15 is 0 Å². The van der Waals surface area contributed by atoms with Gasteiger partial charge in [-0.25, -0.2) is 0 Å². The Hall–Kier alpha value is -3.18. The van der Waals surface area contributed by atoms with Gasteiger partial charge in [0.05, 0.1) is 11.2 Å². The first-order chi connectivity index (χ1) is 17.2. The van der Waals surface area contributed by atoms with E-state index in [4.69, 9.17) is 4.65 Å². The first-order valence-corrected chi connectivity index (χ1v) is 13.1. The number of rotatable bonds is 5. The van der Waals surface area contributed by atoms with Crippen LogP contribution in [0.3, 0.4) is 0 Å². The van der Waals surface area contributed by atoms with Crippen molar-refractivity contribution in [1.82, 2.24) is 0 Å². The van der Waals surface area contributed by atoms with Gasteiger partial charge >= 0.3 is 7.48 Å². The largest absolute Gasteiger partial charge is 0.427 e. The quantitative estimate of drug-likeness (QED) is 0.198. The summed E-state index contributed by atoms with van der Waals surface area (Å²) in [5.41, 5.74) is 1.86. The van der Waals surface area contributed by atoms with Crippen LogP contribution < -0.4 is 5.46 Å². The third-order valence-electron chi connectivity index (χ3n) is 7.55. The molecule has 1 N–H and O–H groups in total. The molecule has 1 heterocycles. The second-order valence-electron chi connectivity index (χ2n) is 10.5. The highest BCUT2D eigenvalue weighted by Crippen LogP contribution is 2.44. The van der Waals surface area contributed by atoms with Gasteiger partial charge in [-0.1, -0.05) is 78.9 Å². The smallest absolute Gasteiger partial charge is 0.331 e. The van der Waals surface area contributed by atoms with Crippen molar-refractivity contribution in [3.8, 4) is 11.1 Å². The Morgan fingerprint density at radius 1 is 0.722 bits per heavy atom. The molecule has 0 amide bonds. The highest BCUT2D eigenvalue weighted by molar-refractivity contribution is 7.26. The van der Waals surface area contributed by atoms with E-state index < -0.39 is 11.2 Å². The Balaban J connectivity index is 1.59. The maximum absolute atomic E-state index is 10.6. The molecule has 2 nitrogen and oxygen atoms in total. The fraction of sp³-hybridized carbons (Fsp3) is 0.188. The second-order valence-corrected chi connectivity index (χ2v) is 11.6. The summed E-state index contributed by atoms with van der Waals surface area (Å²) in [6.07, 6.45) is 0. The third kappa shape index (κ3) is 3.72. The van der Waals surface area contributed by atoms with Crippen LogP contribution in [0.15, 0.2) is 91.0 Å². The lowest BCUT2D eigenvalue weighted by Gasteiger charge is -2.37. The molecule has 6 rings (SSSR count). The van der Waals surface area contributed by atoms with Gasteiger partial charge in [-0.15, -0.1) is 11.3 Å². The highest BCUT2D eigenvalue weighted by atomic mass is 32.1. The molecule has 0 atom stereocenters. The Morgan fingerprint density at radius 2 is 1.33 bits per heavy atom. The van der Waals surface area contributed by atoms with Gasteiger partial charge in [0.25, 0.3) is 0 Å². The summed E-state index contributed by atoms with van der Waals surface area (Å²) in [5, 5.41) is 18.0. The molecule has 5 aromatic carbocycles. The molecule has 4 heteroatoms. The number of fused-ring (bicyclic) bond motifs is 5. The van der Waals surface area contributed by atoms with Crippen molar-refractivity contribution in [2.75, 3.05) is 0 Å². The van der Waals surface area contributed by atoms with Gasteiger partial charge in [0.1, 0.15) is 0 Å². The van der Waals surface area contributed by atoms with Crippen molar-refractivity contribution in [3.05, 3.63) is 91.0 Å². The number of hydrogen-bond acceptors (Lipinski definition) is 3. The van der Waals surface area contributed by atoms with Crippen LogP contribution in [0.2, 0.25) is 0 Å². The molecule has 0 spiro atoms. The fourth-order valence-corrected chi connectivity index (χ4v) is 6.09. The third-order valence-corrected chi connectivity index (χ3v) is 8.75. The summed E-state index contributed by atoms with van der Waals surface area (Å²) in [6, 6.07) is 32.6. The van der Waals surface area contributed by atoms with E-state index in [1.807, 2.05) is 32.7 Å². The SMILES string of the molecule is CC(C)(O)C(C)(C)O[B]c1cccc2sc3c(-c4c5ccccc5cc5ccccc45)cccc3c12. The summed E-state index contributed by atoms with van der Waals surface area (Å²) >= 11 is 1.83. The standard InChI is InChI=1S/C32H28BO2S/c1-31(2,34)32(3,4)35-33-26-17-10-18-27-29(26)25-16-9-15-24(30(25)36-27)28-22-13-7-5-11-20(22)19-21-12-6-8-14-23(21)28/h5-19,34H,1-4H3. The average Bonchev–Trinajstić information content (AvgIpc) is 3.25. The molecule has 36 heavy (non-hydrogen) atoms. The average molecular weight is 487 g/mol. The van der Waals surface area contributed by atoms with Gasteiger partial charge in [0, 0.05) is 20.3 Å². The predicted molar refractivity (Wildman–Crippen MR) is 157 cm³/mol. The molecule has 0 saturated carbocycles. The molecule has 0 unspecified atom stereocenters. The van der Waals surface area contributed by atoms with E-state index in [0.29, 0.717) is 0 Å². The lowest BCUT2D eigenvalue weighted by molar-refractivity contribution is -0.0893. The van der Waals surface area contributed by atoms with E-state index in [1.54, 1.807) is 13.8 Å². The van der Waals surface area contributed by atoms with E-state index in [1.165, 1.54) is 52.8 Å². The molecule has 0 aliphatic rings. The minimum Gasteiger partial charge on any atom is -0.427 e. The summed E-state index contributed by atoms with van der Waals surface area (Å²) in [6.45, 7) is 7.39. The van der Waals surface area contributed by atoms with Gasteiger partial charge in [0.15, 0.2) is 0 Å². The van der Waals surface area contributed by atoms with Gasteiger partial charge in [0.2, 0.25) is 0 Å². The first-order valence-electron chi connectivity index (χ1n) is 12.3. The van der Waals surface area contributed by atoms with E-state index in [2.05, 4.69) is 91.0 Å². The van der Waals surface area contributed by atoms with E-state index in [0.717, 1.165) is 5.46 Å². The molecule has 0 aliphatic carbocycles. The summed E-state index contributed by atoms with van der Waals surface area (Å²) in [4.78, 5) is 0. The summed E-state index contributed by atoms with van der Waals surface area (Å²) < 4.78 is 8.66. The van der Waals surface area contributed by atoms with Gasteiger partial charge in [-0.2, -0.15) is 0 Å². The zero-order valence-corrected chi connectivity index (χ0v) is 21.8. The minimum absolute atomic E-state index is 0.728. The van der Waals surface area contributed by atoms with Gasteiger partial charge < -0.3 is 9.76 Å². The molecular formula is C32H28BO2S. The van der Waals surface area contributed by atoms with E-state index in [9.17, 15) is 5.11 Å². The number of benzene rings is 5. The predicted octanol–water partition coefficient (Wildman–Crippen LogP) is 7.84. The molecule has 6 aromatic rings. The van der Waals surface area contributed by atoms with Crippen molar-refractivity contribution in [2.24, 2.45) is 0 Å².